The fourth-order valence-corrected chi connectivity index (χ4v) is 4.35. The van der Waals surface area contributed by atoms with Crippen LogP contribution in [0, 0.1) is 0 Å². The average molecular weight is 511 g/mol. The molecule has 180 valence electrons. The van der Waals surface area contributed by atoms with Crippen LogP contribution in [0.2, 0.25) is 10.0 Å². The van der Waals surface area contributed by atoms with E-state index in [-0.39, 0.29) is 30.0 Å². The predicted octanol–water partition coefficient (Wildman–Crippen LogP) is 5.56. The lowest BCUT2D eigenvalue weighted by atomic mass is 10.1. The first-order chi connectivity index (χ1) is 16.9. The fraction of sp³-hybridized carbons (Fsp3) is 0.192. The van der Waals surface area contributed by atoms with Crippen LogP contribution < -0.4 is 16.0 Å². The van der Waals surface area contributed by atoms with E-state index in [0.717, 1.165) is 12.0 Å². The molecule has 0 aliphatic carbocycles. The van der Waals surface area contributed by atoms with Crippen LogP contribution in [0.1, 0.15) is 28.8 Å². The highest BCUT2D eigenvalue weighted by atomic mass is 35.5. The maximum Gasteiger partial charge on any atom is 0.323 e. The molecule has 0 bridgehead atoms. The van der Waals surface area contributed by atoms with Gasteiger partial charge in [0.1, 0.15) is 6.04 Å². The Balaban J connectivity index is 1.35. The Morgan fingerprint density at radius 1 is 0.886 bits per heavy atom. The number of para-hydroxylation sites is 1. The Morgan fingerprint density at radius 2 is 1.63 bits per heavy atom. The monoisotopic (exact) mass is 510 g/mol. The normalized spacial score (nSPS) is 14.9. The van der Waals surface area contributed by atoms with Gasteiger partial charge in [-0.3, -0.25) is 9.59 Å². The SMILES string of the molecule is O=C(Nc1ccccc1)Nc1cccc(CNC(=O)C2CCCN2C(=O)c2cc(Cl)ccc2Cl)c1. The van der Waals surface area contributed by atoms with E-state index in [2.05, 4.69) is 16.0 Å². The summed E-state index contributed by atoms with van der Waals surface area (Å²) in [4.78, 5) is 39.8. The molecule has 3 N–H and O–H groups in total. The minimum atomic E-state index is -0.587. The molecule has 35 heavy (non-hydrogen) atoms. The number of benzene rings is 3. The summed E-state index contributed by atoms with van der Waals surface area (Å²) >= 11 is 12.2. The molecule has 1 aliphatic rings. The Hall–Kier alpha value is -3.55. The highest BCUT2D eigenvalue weighted by molar-refractivity contribution is 6.35. The van der Waals surface area contributed by atoms with Crippen LogP contribution in [0.15, 0.2) is 72.8 Å². The lowest BCUT2D eigenvalue weighted by Gasteiger charge is -2.24. The van der Waals surface area contributed by atoms with E-state index in [9.17, 15) is 14.4 Å². The molecule has 1 unspecified atom stereocenters. The zero-order chi connectivity index (χ0) is 24.8. The van der Waals surface area contributed by atoms with Crippen molar-refractivity contribution >= 4 is 52.4 Å². The maximum atomic E-state index is 13.0. The number of rotatable bonds is 6. The molecular weight excluding hydrogens is 487 g/mol. The number of halogens is 2. The molecule has 3 aromatic rings. The Labute approximate surface area is 213 Å². The van der Waals surface area contributed by atoms with Gasteiger partial charge in [-0.15, -0.1) is 0 Å². The van der Waals surface area contributed by atoms with E-state index in [1.54, 1.807) is 47.4 Å². The second kappa shape index (κ2) is 11.3. The number of nitrogens with zero attached hydrogens (tertiary/aromatic N) is 1. The van der Waals surface area contributed by atoms with Crippen molar-refractivity contribution in [1.29, 1.82) is 0 Å². The number of nitrogens with one attached hydrogen (secondary N) is 3. The molecular formula is C26H24Cl2N4O3. The summed E-state index contributed by atoms with van der Waals surface area (Å²) in [5.74, 6) is -0.556. The van der Waals surface area contributed by atoms with Gasteiger partial charge in [-0.05, 0) is 60.9 Å². The Morgan fingerprint density at radius 3 is 2.43 bits per heavy atom. The van der Waals surface area contributed by atoms with Gasteiger partial charge < -0.3 is 20.9 Å². The lowest BCUT2D eigenvalue weighted by molar-refractivity contribution is -0.125. The number of amides is 4. The molecule has 1 atom stereocenters. The van der Waals surface area contributed by atoms with E-state index in [1.807, 2.05) is 24.3 Å². The van der Waals surface area contributed by atoms with Gasteiger partial charge in [0.2, 0.25) is 5.91 Å². The molecule has 0 aromatic heterocycles. The summed E-state index contributed by atoms with van der Waals surface area (Å²) in [5.41, 5.74) is 2.37. The standard InChI is InChI=1S/C26H24Cl2N4O3/c27-18-11-12-22(28)21(15-18)25(34)32-13-5-10-23(32)24(33)29-16-17-6-4-9-20(14-17)31-26(35)30-19-7-2-1-3-8-19/h1-4,6-9,11-12,14-15,23H,5,10,13,16H2,(H,29,33)(H2,30,31,35). The van der Waals surface area contributed by atoms with Crippen LogP contribution >= 0.6 is 23.2 Å². The molecule has 9 heteroatoms. The number of carbonyl (C=O) groups is 3. The zero-order valence-electron chi connectivity index (χ0n) is 18.8. The van der Waals surface area contributed by atoms with Crippen LogP contribution in [0.25, 0.3) is 0 Å². The van der Waals surface area contributed by atoms with E-state index < -0.39 is 6.04 Å². The van der Waals surface area contributed by atoms with Gasteiger partial charge in [0.15, 0.2) is 0 Å². The van der Waals surface area contributed by atoms with Crippen molar-refractivity contribution in [3.8, 4) is 0 Å². The van der Waals surface area contributed by atoms with E-state index in [4.69, 9.17) is 23.2 Å². The van der Waals surface area contributed by atoms with Gasteiger partial charge in [0, 0.05) is 29.5 Å². The minimum Gasteiger partial charge on any atom is -0.350 e. The number of hydrogen-bond acceptors (Lipinski definition) is 3. The third kappa shape index (κ3) is 6.32. The van der Waals surface area contributed by atoms with Crippen LogP contribution in [-0.4, -0.2) is 35.3 Å². The van der Waals surface area contributed by atoms with Crippen LogP contribution in [-0.2, 0) is 11.3 Å². The van der Waals surface area contributed by atoms with Crippen molar-refractivity contribution in [2.24, 2.45) is 0 Å². The van der Waals surface area contributed by atoms with Crippen molar-refractivity contribution < 1.29 is 14.4 Å². The smallest absolute Gasteiger partial charge is 0.323 e. The third-order valence-electron chi connectivity index (χ3n) is 5.66. The third-order valence-corrected chi connectivity index (χ3v) is 6.22. The summed E-state index contributed by atoms with van der Waals surface area (Å²) in [7, 11) is 0. The lowest BCUT2D eigenvalue weighted by Crippen LogP contribution is -2.45. The molecule has 0 saturated carbocycles. The molecule has 0 spiro atoms. The summed E-state index contributed by atoms with van der Waals surface area (Å²) in [6.45, 7) is 0.723. The highest BCUT2D eigenvalue weighted by Gasteiger charge is 2.35. The molecule has 1 fully saturated rings. The molecule has 4 rings (SSSR count). The predicted molar refractivity (Wildman–Crippen MR) is 138 cm³/mol. The van der Waals surface area contributed by atoms with Crippen molar-refractivity contribution in [2.75, 3.05) is 17.2 Å². The average Bonchev–Trinajstić information content (AvgIpc) is 3.34. The second-order valence-electron chi connectivity index (χ2n) is 8.14. The van der Waals surface area contributed by atoms with Gasteiger partial charge in [0.05, 0.1) is 10.6 Å². The van der Waals surface area contributed by atoms with Gasteiger partial charge in [-0.25, -0.2) is 4.79 Å². The first-order valence-electron chi connectivity index (χ1n) is 11.2. The quantitative estimate of drug-likeness (QED) is 0.405. The number of carbonyl (C=O) groups excluding carboxylic acids is 3. The Kier molecular flexibility index (Phi) is 7.90. The minimum absolute atomic E-state index is 0.241. The number of hydrogen-bond donors (Lipinski definition) is 3. The Bertz CT molecular complexity index is 1240. The number of anilines is 2. The maximum absolute atomic E-state index is 13.0. The summed E-state index contributed by atoms with van der Waals surface area (Å²) in [6, 6.07) is 20.1. The van der Waals surface area contributed by atoms with E-state index in [0.29, 0.717) is 34.4 Å². The summed E-state index contributed by atoms with van der Waals surface area (Å²) < 4.78 is 0. The van der Waals surface area contributed by atoms with Crippen LogP contribution in [0.4, 0.5) is 16.2 Å². The van der Waals surface area contributed by atoms with Crippen molar-refractivity contribution in [3.05, 3.63) is 94.0 Å². The van der Waals surface area contributed by atoms with Crippen LogP contribution in [0.5, 0.6) is 0 Å². The highest BCUT2D eigenvalue weighted by Crippen LogP contribution is 2.26. The number of urea groups is 1. The summed E-state index contributed by atoms with van der Waals surface area (Å²) in [5, 5.41) is 9.15. The molecule has 0 radical (unpaired) electrons. The van der Waals surface area contributed by atoms with Gasteiger partial charge in [0.25, 0.3) is 5.91 Å². The molecule has 4 amide bonds. The fourth-order valence-electron chi connectivity index (χ4n) is 3.98. The van der Waals surface area contributed by atoms with Gasteiger partial charge >= 0.3 is 6.03 Å². The van der Waals surface area contributed by atoms with Gasteiger partial charge in [-0.1, -0.05) is 53.5 Å². The molecule has 1 aliphatic heterocycles. The molecule has 3 aromatic carbocycles. The van der Waals surface area contributed by atoms with E-state index in [1.165, 1.54) is 6.07 Å². The largest absolute Gasteiger partial charge is 0.350 e. The first kappa shape index (κ1) is 24.6. The summed E-state index contributed by atoms with van der Waals surface area (Å²) in [6.07, 6.45) is 1.29. The first-order valence-corrected chi connectivity index (χ1v) is 11.9. The topological polar surface area (TPSA) is 90.5 Å². The van der Waals surface area contributed by atoms with E-state index >= 15 is 0 Å². The van der Waals surface area contributed by atoms with Gasteiger partial charge in [-0.2, -0.15) is 0 Å². The molecule has 1 heterocycles. The molecule has 1 saturated heterocycles. The van der Waals surface area contributed by atoms with Crippen molar-refractivity contribution in [3.63, 3.8) is 0 Å². The molecule has 7 nitrogen and oxygen atoms in total. The van der Waals surface area contributed by atoms with Crippen molar-refractivity contribution in [2.45, 2.75) is 25.4 Å². The second-order valence-corrected chi connectivity index (χ2v) is 8.99. The zero-order valence-corrected chi connectivity index (χ0v) is 20.3. The number of likely N-dealkylation sites (tertiary alicyclic amines) is 1. The van der Waals surface area contributed by atoms with Crippen LogP contribution in [0.3, 0.4) is 0 Å². The van der Waals surface area contributed by atoms with Crippen molar-refractivity contribution in [1.82, 2.24) is 10.2 Å².